The highest BCUT2D eigenvalue weighted by molar-refractivity contribution is 6.05. The molecular formula is C20H16N4O2. The van der Waals surface area contributed by atoms with Gasteiger partial charge < -0.3 is 16.0 Å². The SMILES string of the molecule is Nc1nc(=O)c2c([nH]1)NC1c3ccccc3C(=O)C1C2c1ccccc1. The van der Waals surface area contributed by atoms with Crippen molar-refractivity contribution < 1.29 is 4.79 Å². The number of nitrogens with one attached hydrogen (secondary N) is 2. The van der Waals surface area contributed by atoms with Crippen LogP contribution in [0.15, 0.2) is 59.4 Å². The summed E-state index contributed by atoms with van der Waals surface area (Å²) in [6, 6.07) is 17.0. The van der Waals surface area contributed by atoms with Crippen molar-refractivity contribution in [2.24, 2.45) is 5.92 Å². The van der Waals surface area contributed by atoms with Crippen LogP contribution in [0.1, 0.15) is 39.0 Å². The number of carbonyl (C=O) groups is 1. The van der Waals surface area contributed by atoms with Crippen LogP contribution in [0.3, 0.4) is 0 Å². The molecule has 0 saturated heterocycles. The van der Waals surface area contributed by atoms with Gasteiger partial charge in [0.1, 0.15) is 5.82 Å². The molecule has 26 heavy (non-hydrogen) atoms. The Bertz CT molecular complexity index is 1090. The van der Waals surface area contributed by atoms with Gasteiger partial charge in [0.2, 0.25) is 5.95 Å². The topological polar surface area (TPSA) is 101 Å². The first-order chi connectivity index (χ1) is 12.6. The second-order valence-electron chi connectivity index (χ2n) is 6.70. The maximum Gasteiger partial charge on any atom is 0.280 e. The van der Waals surface area contributed by atoms with Crippen LogP contribution in [0.5, 0.6) is 0 Å². The van der Waals surface area contributed by atoms with Crippen LogP contribution in [0.4, 0.5) is 11.8 Å². The molecule has 3 atom stereocenters. The predicted octanol–water partition coefficient (Wildman–Crippen LogP) is 2.46. The van der Waals surface area contributed by atoms with Crippen LogP contribution in [0.2, 0.25) is 0 Å². The van der Waals surface area contributed by atoms with E-state index < -0.39 is 11.5 Å². The summed E-state index contributed by atoms with van der Waals surface area (Å²) in [5.74, 6) is -0.122. The number of aromatic amines is 1. The predicted molar refractivity (Wildman–Crippen MR) is 98.2 cm³/mol. The zero-order chi connectivity index (χ0) is 17.8. The lowest BCUT2D eigenvalue weighted by Gasteiger charge is -2.35. The van der Waals surface area contributed by atoms with Crippen LogP contribution >= 0.6 is 0 Å². The molecule has 128 valence electrons. The molecule has 3 aromatic rings. The van der Waals surface area contributed by atoms with Crippen LogP contribution in [-0.4, -0.2) is 15.8 Å². The number of H-pyrrole nitrogens is 1. The maximum atomic E-state index is 13.2. The molecule has 0 radical (unpaired) electrons. The van der Waals surface area contributed by atoms with Crippen LogP contribution in [-0.2, 0) is 0 Å². The molecule has 1 aliphatic heterocycles. The van der Waals surface area contributed by atoms with Crippen LogP contribution < -0.4 is 16.6 Å². The molecule has 0 saturated carbocycles. The fourth-order valence-electron chi connectivity index (χ4n) is 4.30. The average Bonchev–Trinajstić information content (AvgIpc) is 2.93. The third-order valence-electron chi connectivity index (χ3n) is 5.33. The summed E-state index contributed by atoms with van der Waals surface area (Å²) in [6.07, 6.45) is 0. The van der Waals surface area contributed by atoms with Gasteiger partial charge in [0.15, 0.2) is 5.78 Å². The van der Waals surface area contributed by atoms with Gasteiger partial charge in [0.25, 0.3) is 5.56 Å². The Morgan fingerprint density at radius 1 is 0.962 bits per heavy atom. The Morgan fingerprint density at radius 3 is 2.50 bits per heavy atom. The number of nitrogens with zero attached hydrogens (tertiary/aromatic N) is 1. The molecule has 2 aliphatic rings. The number of hydrogen-bond acceptors (Lipinski definition) is 5. The van der Waals surface area contributed by atoms with Crippen molar-refractivity contribution in [3.8, 4) is 0 Å². The number of aromatic nitrogens is 2. The zero-order valence-corrected chi connectivity index (χ0v) is 13.8. The highest BCUT2D eigenvalue weighted by atomic mass is 16.1. The molecule has 1 aliphatic carbocycles. The standard InChI is InChI=1S/C20H16N4O2/c21-20-23-18-15(19(26)24-20)13(10-6-2-1-3-7-10)14-16(22-18)11-8-4-5-9-12(11)17(14)25/h1-9,13-14,16H,(H4,21,22,23,24,26). The van der Waals surface area contributed by atoms with Gasteiger partial charge in [-0.2, -0.15) is 4.98 Å². The molecule has 0 bridgehead atoms. The lowest BCUT2D eigenvalue weighted by atomic mass is 9.75. The summed E-state index contributed by atoms with van der Waals surface area (Å²) in [4.78, 5) is 32.7. The van der Waals surface area contributed by atoms with Crippen molar-refractivity contribution in [1.82, 2.24) is 9.97 Å². The van der Waals surface area contributed by atoms with Gasteiger partial charge in [0, 0.05) is 11.5 Å². The highest BCUT2D eigenvalue weighted by Gasteiger charge is 2.49. The summed E-state index contributed by atoms with van der Waals surface area (Å²) in [5, 5.41) is 3.33. The molecule has 0 spiro atoms. The van der Waals surface area contributed by atoms with Crippen molar-refractivity contribution >= 4 is 17.5 Å². The largest absolute Gasteiger partial charge is 0.369 e. The summed E-state index contributed by atoms with van der Waals surface area (Å²) in [5.41, 5.74) is 8.39. The monoisotopic (exact) mass is 344 g/mol. The minimum atomic E-state index is -0.403. The van der Waals surface area contributed by atoms with Crippen molar-refractivity contribution in [1.29, 1.82) is 0 Å². The fourth-order valence-corrected chi connectivity index (χ4v) is 4.30. The fraction of sp³-hybridized carbons (Fsp3) is 0.150. The number of hydrogen-bond donors (Lipinski definition) is 3. The molecule has 1 aromatic heterocycles. The number of fused-ring (bicyclic) bond motifs is 4. The number of carbonyl (C=O) groups excluding carboxylic acids is 1. The van der Waals surface area contributed by atoms with E-state index in [0.29, 0.717) is 16.9 Å². The number of rotatable bonds is 1. The van der Waals surface area contributed by atoms with Crippen molar-refractivity contribution in [2.75, 3.05) is 11.1 Å². The molecule has 5 rings (SSSR count). The van der Waals surface area contributed by atoms with Crippen molar-refractivity contribution in [3.05, 3.63) is 87.2 Å². The van der Waals surface area contributed by atoms with E-state index in [0.717, 1.165) is 11.1 Å². The first-order valence-corrected chi connectivity index (χ1v) is 8.49. The Hall–Kier alpha value is -3.41. The van der Waals surface area contributed by atoms with Gasteiger partial charge in [-0.05, 0) is 11.1 Å². The van der Waals surface area contributed by atoms with E-state index in [4.69, 9.17) is 5.73 Å². The number of Topliss-reactive ketones (excluding diaryl/α,β-unsaturated/α-hetero) is 1. The minimum Gasteiger partial charge on any atom is -0.369 e. The third-order valence-corrected chi connectivity index (χ3v) is 5.33. The van der Waals surface area contributed by atoms with Crippen molar-refractivity contribution in [3.63, 3.8) is 0 Å². The Balaban J connectivity index is 1.80. The lowest BCUT2D eigenvalue weighted by molar-refractivity contribution is 0.0912. The third kappa shape index (κ3) is 1.95. The summed E-state index contributed by atoms with van der Waals surface area (Å²) < 4.78 is 0. The first-order valence-electron chi connectivity index (χ1n) is 8.49. The van der Waals surface area contributed by atoms with E-state index in [1.165, 1.54) is 0 Å². The molecule has 0 fully saturated rings. The number of nitrogens with two attached hydrogens (primary N) is 1. The molecule has 6 heteroatoms. The van der Waals surface area contributed by atoms with E-state index in [1.807, 2.05) is 54.6 Å². The van der Waals surface area contributed by atoms with Gasteiger partial charge in [0.05, 0.1) is 17.5 Å². The zero-order valence-electron chi connectivity index (χ0n) is 13.8. The smallest absolute Gasteiger partial charge is 0.280 e. The molecule has 2 heterocycles. The normalized spacial score (nSPS) is 22.9. The molecule has 6 nitrogen and oxygen atoms in total. The van der Waals surface area contributed by atoms with E-state index in [9.17, 15) is 9.59 Å². The van der Waals surface area contributed by atoms with E-state index >= 15 is 0 Å². The number of nitrogen functional groups attached to an aromatic ring is 1. The quantitative estimate of drug-likeness (QED) is 0.629. The lowest BCUT2D eigenvalue weighted by Crippen LogP contribution is -2.37. The van der Waals surface area contributed by atoms with E-state index in [2.05, 4.69) is 15.3 Å². The molecule has 0 amide bonds. The van der Waals surface area contributed by atoms with Gasteiger partial charge in [-0.1, -0.05) is 54.6 Å². The van der Waals surface area contributed by atoms with E-state index in [1.54, 1.807) is 0 Å². The molecule has 2 aromatic carbocycles. The van der Waals surface area contributed by atoms with Gasteiger partial charge >= 0.3 is 0 Å². The Morgan fingerprint density at radius 2 is 1.69 bits per heavy atom. The van der Waals surface area contributed by atoms with Crippen LogP contribution in [0.25, 0.3) is 0 Å². The molecule has 4 N–H and O–H groups in total. The first kappa shape index (κ1) is 14.9. The maximum absolute atomic E-state index is 13.2. The average molecular weight is 344 g/mol. The number of benzene rings is 2. The summed E-state index contributed by atoms with van der Waals surface area (Å²) in [7, 11) is 0. The summed E-state index contributed by atoms with van der Waals surface area (Å²) >= 11 is 0. The molecular weight excluding hydrogens is 328 g/mol. The number of anilines is 2. The second-order valence-corrected chi connectivity index (χ2v) is 6.70. The number of ketones is 1. The second kappa shape index (κ2) is 5.29. The Kier molecular flexibility index (Phi) is 3.03. The van der Waals surface area contributed by atoms with Gasteiger partial charge in [-0.25, -0.2) is 0 Å². The minimum absolute atomic E-state index is 0.0498. The summed E-state index contributed by atoms with van der Waals surface area (Å²) in [6.45, 7) is 0. The molecule has 3 unspecified atom stereocenters. The van der Waals surface area contributed by atoms with Gasteiger partial charge in [-0.15, -0.1) is 0 Å². The van der Waals surface area contributed by atoms with Crippen LogP contribution in [0, 0.1) is 5.92 Å². The van der Waals surface area contributed by atoms with Gasteiger partial charge in [-0.3, -0.25) is 9.59 Å². The van der Waals surface area contributed by atoms with E-state index in [-0.39, 0.29) is 23.7 Å². The van der Waals surface area contributed by atoms with Crippen molar-refractivity contribution in [2.45, 2.75) is 12.0 Å². The Labute approximate surface area is 149 Å². The highest BCUT2D eigenvalue weighted by Crippen LogP contribution is 2.51.